The Morgan fingerprint density at radius 3 is 2.70 bits per heavy atom. The number of hydrogen-bond acceptors (Lipinski definition) is 8. The molecular formula is C12H13N5O2S. The maximum atomic E-state index is 5.47. The van der Waals surface area contributed by atoms with Gasteiger partial charge in [-0.2, -0.15) is 0 Å². The molecule has 0 fully saturated rings. The predicted octanol–water partition coefficient (Wildman–Crippen LogP) is 2.45. The van der Waals surface area contributed by atoms with Crippen LogP contribution in [0.5, 0.6) is 0 Å². The highest BCUT2D eigenvalue weighted by atomic mass is 32.1. The third-order valence-corrected chi connectivity index (χ3v) is 3.46. The van der Waals surface area contributed by atoms with Crippen molar-refractivity contribution in [2.45, 2.75) is 20.3 Å². The van der Waals surface area contributed by atoms with Gasteiger partial charge in [-0.05, 0) is 26.0 Å². The molecule has 0 saturated heterocycles. The summed E-state index contributed by atoms with van der Waals surface area (Å²) in [6.45, 7) is 4.46. The van der Waals surface area contributed by atoms with Crippen molar-refractivity contribution in [3.63, 3.8) is 0 Å². The lowest BCUT2D eigenvalue weighted by Crippen LogP contribution is -2.04. The van der Waals surface area contributed by atoms with Crippen LogP contribution in [0.3, 0.4) is 0 Å². The number of hydrogen-bond donors (Lipinski definition) is 1. The van der Waals surface area contributed by atoms with Crippen LogP contribution in [0.1, 0.15) is 15.8 Å². The van der Waals surface area contributed by atoms with Crippen LogP contribution in [0.2, 0.25) is 0 Å². The Balaban J connectivity index is 1.57. The molecule has 3 heterocycles. The fraction of sp³-hybridized carbons (Fsp3) is 0.333. The Bertz CT molecular complexity index is 702. The van der Waals surface area contributed by atoms with Crippen LogP contribution < -0.4 is 5.32 Å². The predicted molar refractivity (Wildman–Crippen MR) is 73.6 cm³/mol. The Labute approximate surface area is 119 Å². The van der Waals surface area contributed by atoms with E-state index in [2.05, 4.69) is 25.7 Å². The highest BCUT2D eigenvalue weighted by molar-refractivity contribution is 7.11. The molecular weight excluding hydrogens is 278 g/mol. The maximum absolute atomic E-state index is 5.47. The van der Waals surface area contributed by atoms with E-state index in [0.29, 0.717) is 24.2 Å². The summed E-state index contributed by atoms with van der Waals surface area (Å²) < 4.78 is 10.9. The minimum Gasteiger partial charge on any atom is -0.456 e. The van der Waals surface area contributed by atoms with E-state index in [1.807, 2.05) is 19.9 Å². The zero-order valence-corrected chi connectivity index (χ0v) is 11.9. The summed E-state index contributed by atoms with van der Waals surface area (Å²) in [4.78, 5) is 0. The lowest BCUT2D eigenvalue weighted by Gasteiger charge is -1.97. The first-order valence-corrected chi connectivity index (χ1v) is 6.95. The first kappa shape index (κ1) is 12.8. The average molecular weight is 291 g/mol. The van der Waals surface area contributed by atoms with Crippen LogP contribution in [0.25, 0.3) is 11.7 Å². The minimum atomic E-state index is 0.368. The van der Waals surface area contributed by atoms with Gasteiger partial charge in [0, 0.05) is 13.0 Å². The molecule has 0 radical (unpaired) electrons. The first-order valence-electron chi connectivity index (χ1n) is 6.14. The standard InChI is InChI=1S/C12H13N5O2S/c1-7-3-4-9(18-7)11-16-17-12(19-11)13-6-5-10-15-14-8(2)20-10/h3-4H,5-6H2,1-2H3,(H,13,17). The lowest BCUT2D eigenvalue weighted by molar-refractivity contribution is 0.505. The van der Waals surface area contributed by atoms with Gasteiger partial charge >= 0.3 is 6.01 Å². The lowest BCUT2D eigenvalue weighted by atomic mass is 10.4. The molecule has 1 N–H and O–H groups in total. The van der Waals surface area contributed by atoms with Gasteiger partial charge in [-0.1, -0.05) is 5.10 Å². The first-order chi connectivity index (χ1) is 9.70. The van der Waals surface area contributed by atoms with Gasteiger partial charge in [-0.3, -0.25) is 0 Å². The molecule has 0 spiro atoms. The molecule has 0 amide bonds. The highest BCUT2D eigenvalue weighted by Gasteiger charge is 2.11. The Morgan fingerprint density at radius 2 is 2.00 bits per heavy atom. The van der Waals surface area contributed by atoms with Gasteiger partial charge in [0.2, 0.25) is 0 Å². The van der Waals surface area contributed by atoms with Crippen LogP contribution in [0.15, 0.2) is 21.0 Å². The third kappa shape index (κ3) is 2.85. The number of anilines is 1. The number of aromatic nitrogens is 4. The summed E-state index contributed by atoms with van der Waals surface area (Å²) in [7, 11) is 0. The molecule has 0 aliphatic rings. The van der Waals surface area contributed by atoms with Crippen LogP contribution >= 0.6 is 11.3 Å². The van der Waals surface area contributed by atoms with E-state index in [1.54, 1.807) is 17.4 Å². The monoisotopic (exact) mass is 291 g/mol. The number of nitrogens with one attached hydrogen (secondary N) is 1. The van der Waals surface area contributed by atoms with E-state index in [9.17, 15) is 0 Å². The van der Waals surface area contributed by atoms with Crippen molar-refractivity contribution in [2.75, 3.05) is 11.9 Å². The van der Waals surface area contributed by atoms with Gasteiger partial charge < -0.3 is 14.2 Å². The van der Waals surface area contributed by atoms with Gasteiger partial charge in [0.25, 0.3) is 5.89 Å². The van der Waals surface area contributed by atoms with Crippen LogP contribution in [0.4, 0.5) is 6.01 Å². The second kappa shape index (κ2) is 5.41. The normalized spacial score (nSPS) is 10.9. The second-order valence-corrected chi connectivity index (χ2v) is 5.48. The molecule has 104 valence electrons. The summed E-state index contributed by atoms with van der Waals surface area (Å²) in [5, 5.41) is 20.9. The molecule has 0 aromatic carbocycles. The molecule has 8 heteroatoms. The number of furan rings is 1. The van der Waals surface area contributed by atoms with Crippen molar-refractivity contribution in [3.8, 4) is 11.7 Å². The molecule has 20 heavy (non-hydrogen) atoms. The zero-order valence-electron chi connectivity index (χ0n) is 11.1. The minimum absolute atomic E-state index is 0.368. The second-order valence-electron chi connectivity index (χ2n) is 4.21. The van der Waals surface area contributed by atoms with E-state index in [0.717, 1.165) is 22.2 Å². The van der Waals surface area contributed by atoms with E-state index in [4.69, 9.17) is 8.83 Å². The van der Waals surface area contributed by atoms with Gasteiger partial charge in [-0.15, -0.1) is 26.6 Å². The number of aryl methyl sites for hydroxylation is 2. The molecule has 0 unspecified atom stereocenters. The quantitative estimate of drug-likeness (QED) is 0.772. The topological polar surface area (TPSA) is 89.9 Å². The van der Waals surface area contributed by atoms with Crippen molar-refractivity contribution in [1.82, 2.24) is 20.4 Å². The molecule has 0 aliphatic heterocycles. The maximum Gasteiger partial charge on any atom is 0.315 e. The van der Waals surface area contributed by atoms with Gasteiger partial charge in [-0.25, -0.2) is 0 Å². The summed E-state index contributed by atoms with van der Waals surface area (Å²) in [5.74, 6) is 1.74. The summed E-state index contributed by atoms with van der Waals surface area (Å²) in [5.41, 5.74) is 0. The summed E-state index contributed by atoms with van der Waals surface area (Å²) in [6.07, 6.45) is 0.767. The molecule has 7 nitrogen and oxygen atoms in total. The summed E-state index contributed by atoms with van der Waals surface area (Å²) in [6, 6.07) is 4.02. The van der Waals surface area contributed by atoms with E-state index >= 15 is 0 Å². The van der Waals surface area contributed by atoms with E-state index in [1.165, 1.54) is 0 Å². The van der Waals surface area contributed by atoms with Crippen molar-refractivity contribution in [1.29, 1.82) is 0 Å². The zero-order chi connectivity index (χ0) is 13.9. The SMILES string of the molecule is Cc1ccc(-c2nnc(NCCc3nnc(C)s3)o2)o1. The summed E-state index contributed by atoms with van der Waals surface area (Å²) >= 11 is 1.58. The highest BCUT2D eigenvalue weighted by Crippen LogP contribution is 2.21. The fourth-order valence-electron chi connectivity index (χ4n) is 1.66. The van der Waals surface area contributed by atoms with Crippen molar-refractivity contribution >= 4 is 17.4 Å². The van der Waals surface area contributed by atoms with Gasteiger partial charge in [0.15, 0.2) is 5.76 Å². The van der Waals surface area contributed by atoms with Crippen LogP contribution in [-0.2, 0) is 6.42 Å². The van der Waals surface area contributed by atoms with Gasteiger partial charge in [0.1, 0.15) is 15.8 Å². The van der Waals surface area contributed by atoms with Crippen molar-refractivity contribution < 1.29 is 8.83 Å². The number of nitrogens with zero attached hydrogens (tertiary/aromatic N) is 4. The molecule has 0 bridgehead atoms. The van der Waals surface area contributed by atoms with Crippen molar-refractivity contribution in [3.05, 3.63) is 27.9 Å². The third-order valence-electron chi connectivity index (χ3n) is 2.56. The van der Waals surface area contributed by atoms with E-state index in [-0.39, 0.29) is 0 Å². The van der Waals surface area contributed by atoms with E-state index < -0.39 is 0 Å². The average Bonchev–Trinajstić information content (AvgIpc) is 3.11. The molecule has 0 aliphatic carbocycles. The van der Waals surface area contributed by atoms with Crippen LogP contribution in [-0.4, -0.2) is 26.9 Å². The number of rotatable bonds is 5. The molecule has 3 aromatic rings. The fourth-order valence-corrected chi connectivity index (χ4v) is 2.37. The largest absolute Gasteiger partial charge is 0.456 e. The van der Waals surface area contributed by atoms with Gasteiger partial charge in [0.05, 0.1) is 0 Å². The van der Waals surface area contributed by atoms with Crippen molar-refractivity contribution in [2.24, 2.45) is 0 Å². The Kier molecular flexibility index (Phi) is 3.46. The molecule has 3 rings (SSSR count). The molecule has 3 aromatic heterocycles. The Hall–Kier alpha value is -2.22. The molecule has 0 atom stereocenters. The smallest absolute Gasteiger partial charge is 0.315 e. The van der Waals surface area contributed by atoms with Crippen LogP contribution in [0, 0.1) is 13.8 Å². The molecule has 0 saturated carbocycles. The Morgan fingerprint density at radius 1 is 1.10 bits per heavy atom.